The standard InChI is InChI=1S/C14H18O3/c1-4-14(11(2)15,13(16)17-3)10-12-8-6-5-7-9-12/h5-9H,4,10H2,1-3H3. The molecule has 1 atom stereocenters. The average molecular weight is 234 g/mol. The first-order valence-electron chi connectivity index (χ1n) is 5.70. The number of esters is 1. The quantitative estimate of drug-likeness (QED) is 0.580. The number of Topliss-reactive ketones (excluding diaryl/α,β-unsaturated/α-hetero) is 1. The van der Waals surface area contributed by atoms with Crippen molar-refractivity contribution in [2.45, 2.75) is 26.7 Å². The molecule has 0 aromatic heterocycles. The lowest BCUT2D eigenvalue weighted by atomic mass is 9.76. The Labute approximate surface area is 102 Å². The van der Waals surface area contributed by atoms with Gasteiger partial charge in [-0.15, -0.1) is 0 Å². The van der Waals surface area contributed by atoms with Gasteiger partial charge in [-0.05, 0) is 25.3 Å². The Bertz CT molecular complexity index is 397. The summed E-state index contributed by atoms with van der Waals surface area (Å²) in [6, 6.07) is 9.52. The number of ether oxygens (including phenoxy) is 1. The Morgan fingerprint density at radius 2 is 1.82 bits per heavy atom. The van der Waals surface area contributed by atoms with Gasteiger partial charge in [0.2, 0.25) is 0 Å². The third kappa shape index (κ3) is 2.73. The molecule has 0 fully saturated rings. The summed E-state index contributed by atoms with van der Waals surface area (Å²) in [7, 11) is 1.32. The minimum Gasteiger partial charge on any atom is -0.468 e. The van der Waals surface area contributed by atoms with Gasteiger partial charge in [0.1, 0.15) is 11.2 Å². The number of carbonyl (C=O) groups excluding carboxylic acids is 2. The van der Waals surface area contributed by atoms with Crippen molar-refractivity contribution in [1.29, 1.82) is 0 Å². The van der Waals surface area contributed by atoms with Gasteiger partial charge in [-0.25, -0.2) is 0 Å². The highest BCUT2D eigenvalue weighted by molar-refractivity contribution is 6.02. The summed E-state index contributed by atoms with van der Waals surface area (Å²) in [5.41, 5.74) is -0.0780. The summed E-state index contributed by atoms with van der Waals surface area (Å²) in [4.78, 5) is 23.7. The van der Waals surface area contributed by atoms with E-state index in [1.165, 1.54) is 14.0 Å². The Morgan fingerprint density at radius 3 is 2.24 bits per heavy atom. The van der Waals surface area contributed by atoms with Crippen molar-refractivity contribution < 1.29 is 14.3 Å². The number of ketones is 1. The molecule has 0 aliphatic rings. The van der Waals surface area contributed by atoms with Crippen molar-refractivity contribution in [3.63, 3.8) is 0 Å². The molecule has 3 heteroatoms. The predicted molar refractivity (Wildman–Crippen MR) is 65.6 cm³/mol. The molecule has 1 aromatic carbocycles. The minimum absolute atomic E-state index is 0.143. The van der Waals surface area contributed by atoms with Crippen molar-refractivity contribution in [1.82, 2.24) is 0 Å². The molecule has 0 amide bonds. The van der Waals surface area contributed by atoms with Gasteiger partial charge in [0, 0.05) is 0 Å². The summed E-state index contributed by atoms with van der Waals surface area (Å²) in [6.45, 7) is 3.28. The molecule has 1 unspecified atom stereocenters. The molecule has 0 heterocycles. The first-order valence-corrected chi connectivity index (χ1v) is 5.70. The fourth-order valence-electron chi connectivity index (χ4n) is 2.00. The summed E-state index contributed by atoms with van der Waals surface area (Å²) < 4.78 is 4.78. The number of rotatable bonds is 5. The molecule has 1 rings (SSSR count). The second kappa shape index (κ2) is 5.62. The highest BCUT2D eigenvalue weighted by atomic mass is 16.5. The van der Waals surface area contributed by atoms with Crippen molar-refractivity contribution in [2.24, 2.45) is 5.41 Å². The normalized spacial score (nSPS) is 13.8. The van der Waals surface area contributed by atoms with Gasteiger partial charge >= 0.3 is 5.97 Å². The van der Waals surface area contributed by atoms with E-state index in [1.807, 2.05) is 37.3 Å². The zero-order valence-corrected chi connectivity index (χ0v) is 10.5. The molecule has 1 aromatic rings. The number of hydrogen-bond acceptors (Lipinski definition) is 3. The van der Waals surface area contributed by atoms with Gasteiger partial charge in [-0.2, -0.15) is 0 Å². The Hall–Kier alpha value is -1.64. The summed E-state index contributed by atoms with van der Waals surface area (Å²) in [5, 5.41) is 0. The molecule has 17 heavy (non-hydrogen) atoms. The lowest BCUT2D eigenvalue weighted by Gasteiger charge is -2.27. The molecule has 0 N–H and O–H groups in total. The topological polar surface area (TPSA) is 43.4 Å². The first-order chi connectivity index (χ1) is 8.06. The zero-order valence-electron chi connectivity index (χ0n) is 10.5. The SMILES string of the molecule is CCC(Cc1ccccc1)(C(C)=O)C(=O)OC. The van der Waals surface area contributed by atoms with Crippen LogP contribution in [0.2, 0.25) is 0 Å². The molecule has 0 radical (unpaired) electrons. The molecule has 0 saturated carbocycles. The number of hydrogen-bond donors (Lipinski definition) is 0. The molecular formula is C14H18O3. The predicted octanol–water partition coefficient (Wildman–Crippen LogP) is 2.39. The fraction of sp³-hybridized carbons (Fsp3) is 0.429. The number of benzene rings is 1. The van der Waals surface area contributed by atoms with Gasteiger partial charge < -0.3 is 4.74 Å². The van der Waals surface area contributed by atoms with Crippen LogP contribution in [0.3, 0.4) is 0 Å². The first kappa shape index (κ1) is 13.4. The van der Waals surface area contributed by atoms with E-state index < -0.39 is 11.4 Å². The second-order valence-corrected chi connectivity index (χ2v) is 4.15. The average Bonchev–Trinajstić information content (AvgIpc) is 2.36. The van der Waals surface area contributed by atoms with Crippen LogP contribution in [0.1, 0.15) is 25.8 Å². The maximum atomic E-state index is 11.9. The van der Waals surface area contributed by atoms with E-state index in [4.69, 9.17) is 4.74 Å². The summed E-state index contributed by atoms with van der Waals surface area (Å²) in [5.74, 6) is -0.591. The van der Waals surface area contributed by atoms with Gasteiger partial charge in [-0.1, -0.05) is 37.3 Å². The summed E-state index contributed by atoms with van der Waals surface area (Å²) in [6.07, 6.45) is 0.843. The molecule has 0 bridgehead atoms. The van der Waals surface area contributed by atoms with E-state index in [1.54, 1.807) is 0 Å². The maximum Gasteiger partial charge on any atom is 0.319 e. The Balaban J connectivity index is 3.07. The van der Waals surface area contributed by atoms with Crippen LogP contribution in [0, 0.1) is 5.41 Å². The molecule has 0 saturated heterocycles. The zero-order chi connectivity index (χ0) is 12.9. The van der Waals surface area contributed by atoms with Crippen molar-refractivity contribution in [3.05, 3.63) is 35.9 Å². The van der Waals surface area contributed by atoms with Crippen molar-refractivity contribution >= 4 is 11.8 Å². The molecular weight excluding hydrogens is 216 g/mol. The molecule has 0 aliphatic carbocycles. The van der Waals surface area contributed by atoms with Gasteiger partial charge in [0.15, 0.2) is 0 Å². The smallest absolute Gasteiger partial charge is 0.319 e. The van der Waals surface area contributed by atoms with Crippen LogP contribution >= 0.6 is 0 Å². The third-order valence-corrected chi connectivity index (χ3v) is 3.20. The fourth-order valence-corrected chi connectivity index (χ4v) is 2.00. The van der Waals surface area contributed by atoms with Crippen LogP contribution in [0.15, 0.2) is 30.3 Å². The highest BCUT2D eigenvalue weighted by Gasteiger charge is 2.42. The van der Waals surface area contributed by atoms with Crippen LogP contribution in [0.25, 0.3) is 0 Å². The number of carbonyl (C=O) groups is 2. The Kier molecular flexibility index (Phi) is 4.44. The van der Waals surface area contributed by atoms with E-state index in [-0.39, 0.29) is 5.78 Å². The van der Waals surface area contributed by atoms with Gasteiger partial charge in [0.25, 0.3) is 0 Å². The lowest BCUT2D eigenvalue weighted by Crippen LogP contribution is -2.40. The molecule has 0 aliphatic heterocycles. The Morgan fingerprint density at radius 1 is 1.24 bits per heavy atom. The van der Waals surface area contributed by atoms with Gasteiger partial charge in [-0.3, -0.25) is 9.59 Å². The summed E-state index contributed by atoms with van der Waals surface area (Å²) >= 11 is 0. The van der Waals surface area contributed by atoms with E-state index in [0.29, 0.717) is 12.8 Å². The van der Waals surface area contributed by atoms with Crippen molar-refractivity contribution in [3.8, 4) is 0 Å². The van der Waals surface area contributed by atoms with Crippen LogP contribution in [-0.2, 0) is 20.7 Å². The van der Waals surface area contributed by atoms with Crippen LogP contribution in [0.5, 0.6) is 0 Å². The van der Waals surface area contributed by atoms with Crippen LogP contribution in [0.4, 0.5) is 0 Å². The number of methoxy groups -OCH3 is 1. The van der Waals surface area contributed by atoms with E-state index >= 15 is 0 Å². The molecule has 92 valence electrons. The third-order valence-electron chi connectivity index (χ3n) is 3.20. The van der Waals surface area contributed by atoms with E-state index in [0.717, 1.165) is 5.56 Å². The minimum atomic E-state index is -1.05. The van der Waals surface area contributed by atoms with E-state index in [9.17, 15) is 9.59 Å². The molecule has 3 nitrogen and oxygen atoms in total. The van der Waals surface area contributed by atoms with Crippen LogP contribution < -0.4 is 0 Å². The lowest BCUT2D eigenvalue weighted by molar-refractivity contribution is -0.157. The van der Waals surface area contributed by atoms with Crippen LogP contribution in [-0.4, -0.2) is 18.9 Å². The van der Waals surface area contributed by atoms with Gasteiger partial charge in [0.05, 0.1) is 7.11 Å². The molecule has 0 spiro atoms. The maximum absolute atomic E-state index is 11.9. The van der Waals surface area contributed by atoms with Crippen molar-refractivity contribution in [2.75, 3.05) is 7.11 Å². The highest BCUT2D eigenvalue weighted by Crippen LogP contribution is 2.30. The second-order valence-electron chi connectivity index (χ2n) is 4.15. The largest absolute Gasteiger partial charge is 0.468 e. The monoisotopic (exact) mass is 234 g/mol. The van der Waals surface area contributed by atoms with E-state index in [2.05, 4.69) is 0 Å².